The number of benzene rings is 1. The third kappa shape index (κ3) is 3.16. The standard InChI is InChI=1S/C15H18BrNO4/c1-10-7-17(8-11(6-16)20-10)15(18)14-9-19-12-4-2-3-5-13(12)21-14/h2-5,10-11,14H,6-9H2,1H3. The lowest BCUT2D eigenvalue weighted by Crippen LogP contribution is -2.55. The van der Waals surface area contributed by atoms with Gasteiger partial charge in [0, 0.05) is 18.4 Å². The Morgan fingerprint density at radius 2 is 2.10 bits per heavy atom. The van der Waals surface area contributed by atoms with Crippen molar-refractivity contribution in [3.05, 3.63) is 24.3 Å². The molecule has 1 aromatic rings. The highest BCUT2D eigenvalue weighted by Gasteiger charge is 2.35. The summed E-state index contributed by atoms with van der Waals surface area (Å²) in [4.78, 5) is 14.4. The van der Waals surface area contributed by atoms with Crippen molar-refractivity contribution in [3.63, 3.8) is 0 Å². The molecule has 2 aliphatic rings. The van der Waals surface area contributed by atoms with Gasteiger partial charge in [-0.2, -0.15) is 0 Å². The first-order chi connectivity index (χ1) is 10.2. The third-order valence-corrected chi connectivity index (χ3v) is 4.32. The van der Waals surface area contributed by atoms with Gasteiger partial charge in [0.1, 0.15) is 6.61 Å². The quantitative estimate of drug-likeness (QED) is 0.759. The lowest BCUT2D eigenvalue weighted by molar-refractivity contribution is -0.152. The van der Waals surface area contributed by atoms with Crippen molar-refractivity contribution in [2.75, 3.05) is 25.0 Å². The van der Waals surface area contributed by atoms with Gasteiger partial charge in [-0.15, -0.1) is 0 Å². The lowest BCUT2D eigenvalue weighted by Gasteiger charge is -2.38. The number of carbonyl (C=O) groups is 1. The summed E-state index contributed by atoms with van der Waals surface area (Å²) in [7, 11) is 0. The second-order valence-electron chi connectivity index (χ2n) is 5.33. The number of alkyl halides is 1. The fraction of sp³-hybridized carbons (Fsp3) is 0.533. The molecular formula is C15H18BrNO4. The molecule has 0 aromatic heterocycles. The van der Waals surface area contributed by atoms with Gasteiger partial charge in [-0.3, -0.25) is 4.79 Å². The predicted octanol–water partition coefficient (Wildman–Crippen LogP) is 1.84. The highest BCUT2D eigenvalue weighted by Crippen LogP contribution is 2.31. The summed E-state index contributed by atoms with van der Waals surface area (Å²) >= 11 is 3.41. The molecule has 2 heterocycles. The molecule has 1 fully saturated rings. The van der Waals surface area contributed by atoms with E-state index < -0.39 is 6.10 Å². The van der Waals surface area contributed by atoms with Crippen LogP contribution in [0.3, 0.4) is 0 Å². The van der Waals surface area contributed by atoms with Crippen LogP contribution in [0.4, 0.5) is 0 Å². The van der Waals surface area contributed by atoms with E-state index in [2.05, 4.69) is 15.9 Å². The van der Waals surface area contributed by atoms with Crippen molar-refractivity contribution in [2.45, 2.75) is 25.2 Å². The van der Waals surface area contributed by atoms with Crippen LogP contribution in [-0.2, 0) is 9.53 Å². The Morgan fingerprint density at radius 3 is 2.86 bits per heavy atom. The van der Waals surface area contributed by atoms with Gasteiger partial charge in [0.15, 0.2) is 11.5 Å². The van der Waals surface area contributed by atoms with Crippen LogP contribution in [0.5, 0.6) is 11.5 Å². The number of hydrogen-bond donors (Lipinski definition) is 0. The summed E-state index contributed by atoms with van der Waals surface area (Å²) in [6.07, 6.45) is -0.530. The van der Waals surface area contributed by atoms with Crippen molar-refractivity contribution in [1.29, 1.82) is 0 Å². The average molecular weight is 356 g/mol. The van der Waals surface area contributed by atoms with Crippen molar-refractivity contribution in [3.8, 4) is 11.5 Å². The second kappa shape index (κ2) is 6.23. The highest BCUT2D eigenvalue weighted by atomic mass is 79.9. The molecule has 0 N–H and O–H groups in total. The Balaban J connectivity index is 1.68. The summed E-state index contributed by atoms with van der Waals surface area (Å²) in [6, 6.07) is 7.41. The number of ether oxygens (including phenoxy) is 3. The minimum Gasteiger partial charge on any atom is -0.485 e. The zero-order chi connectivity index (χ0) is 14.8. The maximum Gasteiger partial charge on any atom is 0.267 e. The first-order valence-corrected chi connectivity index (χ1v) is 8.18. The van der Waals surface area contributed by atoms with Crippen molar-refractivity contribution in [2.24, 2.45) is 0 Å². The molecule has 3 atom stereocenters. The first kappa shape index (κ1) is 14.7. The van der Waals surface area contributed by atoms with E-state index in [9.17, 15) is 4.79 Å². The molecule has 0 bridgehead atoms. The molecule has 6 heteroatoms. The summed E-state index contributed by atoms with van der Waals surface area (Å²) in [6.45, 7) is 3.39. The molecule has 0 saturated carbocycles. The Labute approximate surface area is 132 Å². The largest absolute Gasteiger partial charge is 0.485 e. The number of carbonyl (C=O) groups excluding carboxylic acids is 1. The Bertz CT molecular complexity index is 524. The smallest absolute Gasteiger partial charge is 0.267 e. The molecule has 0 spiro atoms. The molecular weight excluding hydrogens is 338 g/mol. The monoisotopic (exact) mass is 355 g/mol. The number of halogens is 1. The van der Waals surface area contributed by atoms with Crippen LogP contribution in [0.2, 0.25) is 0 Å². The number of amides is 1. The Morgan fingerprint density at radius 1 is 1.33 bits per heavy atom. The normalized spacial score (nSPS) is 28.3. The van der Waals surface area contributed by atoms with Crippen molar-refractivity contribution >= 4 is 21.8 Å². The number of hydrogen-bond acceptors (Lipinski definition) is 4. The van der Waals surface area contributed by atoms with Gasteiger partial charge < -0.3 is 19.1 Å². The molecule has 2 aliphatic heterocycles. The van der Waals surface area contributed by atoms with Gasteiger partial charge in [-0.1, -0.05) is 28.1 Å². The van der Waals surface area contributed by atoms with Gasteiger partial charge >= 0.3 is 0 Å². The average Bonchev–Trinajstić information content (AvgIpc) is 2.53. The van der Waals surface area contributed by atoms with E-state index in [1.165, 1.54) is 0 Å². The molecule has 5 nitrogen and oxygen atoms in total. The molecule has 1 saturated heterocycles. The van der Waals surface area contributed by atoms with Gasteiger partial charge in [-0.05, 0) is 19.1 Å². The fourth-order valence-electron chi connectivity index (χ4n) is 2.66. The third-order valence-electron chi connectivity index (χ3n) is 3.59. The van der Waals surface area contributed by atoms with Crippen LogP contribution < -0.4 is 9.47 Å². The van der Waals surface area contributed by atoms with E-state index in [-0.39, 0.29) is 24.7 Å². The summed E-state index contributed by atoms with van der Waals surface area (Å²) in [5.74, 6) is 1.28. The second-order valence-corrected chi connectivity index (χ2v) is 5.98. The molecule has 1 amide bonds. The molecule has 0 radical (unpaired) electrons. The molecule has 3 unspecified atom stereocenters. The van der Waals surface area contributed by atoms with E-state index in [0.717, 1.165) is 0 Å². The van der Waals surface area contributed by atoms with Crippen molar-refractivity contribution in [1.82, 2.24) is 4.90 Å². The lowest BCUT2D eigenvalue weighted by atomic mass is 10.2. The number of nitrogens with zero attached hydrogens (tertiary/aromatic N) is 1. The highest BCUT2D eigenvalue weighted by molar-refractivity contribution is 9.09. The zero-order valence-corrected chi connectivity index (χ0v) is 13.4. The van der Waals surface area contributed by atoms with Gasteiger partial charge in [0.25, 0.3) is 5.91 Å². The maximum absolute atomic E-state index is 12.6. The summed E-state index contributed by atoms with van der Waals surface area (Å²) < 4.78 is 17.1. The van der Waals surface area contributed by atoms with E-state index in [0.29, 0.717) is 29.9 Å². The molecule has 0 aliphatic carbocycles. The van der Waals surface area contributed by atoms with E-state index >= 15 is 0 Å². The number of morpholine rings is 1. The van der Waals surface area contributed by atoms with E-state index in [1.54, 1.807) is 0 Å². The molecule has 114 valence electrons. The summed E-state index contributed by atoms with van der Waals surface area (Å²) in [5.41, 5.74) is 0. The van der Waals surface area contributed by atoms with Gasteiger partial charge in [0.2, 0.25) is 6.10 Å². The fourth-order valence-corrected chi connectivity index (χ4v) is 3.01. The minimum absolute atomic E-state index is 0.0227. The van der Waals surface area contributed by atoms with Crippen LogP contribution in [0, 0.1) is 0 Å². The van der Waals surface area contributed by atoms with Crippen LogP contribution in [-0.4, -0.2) is 54.1 Å². The van der Waals surface area contributed by atoms with Crippen LogP contribution in [0.15, 0.2) is 24.3 Å². The van der Waals surface area contributed by atoms with E-state index in [1.807, 2.05) is 36.1 Å². The van der Waals surface area contributed by atoms with Crippen LogP contribution in [0.25, 0.3) is 0 Å². The number of fused-ring (bicyclic) bond motifs is 1. The van der Waals surface area contributed by atoms with Crippen LogP contribution >= 0.6 is 15.9 Å². The predicted molar refractivity (Wildman–Crippen MR) is 81.1 cm³/mol. The molecule has 21 heavy (non-hydrogen) atoms. The topological polar surface area (TPSA) is 48.0 Å². The van der Waals surface area contributed by atoms with Gasteiger partial charge in [-0.25, -0.2) is 0 Å². The van der Waals surface area contributed by atoms with Crippen molar-refractivity contribution < 1.29 is 19.0 Å². The maximum atomic E-state index is 12.6. The van der Waals surface area contributed by atoms with Gasteiger partial charge in [0.05, 0.1) is 12.2 Å². The number of para-hydroxylation sites is 2. The zero-order valence-electron chi connectivity index (χ0n) is 11.8. The minimum atomic E-state index is -0.582. The van der Waals surface area contributed by atoms with Crippen LogP contribution in [0.1, 0.15) is 6.92 Å². The van der Waals surface area contributed by atoms with E-state index in [4.69, 9.17) is 14.2 Å². The molecule has 1 aromatic carbocycles. The number of rotatable bonds is 2. The Hall–Kier alpha value is -1.27. The summed E-state index contributed by atoms with van der Waals surface area (Å²) in [5, 5.41) is 0.714. The molecule has 3 rings (SSSR count). The Kier molecular flexibility index (Phi) is 4.35. The first-order valence-electron chi connectivity index (χ1n) is 7.06. The SMILES string of the molecule is CC1CN(C(=O)C2COc3ccccc3O2)CC(CBr)O1.